The van der Waals surface area contributed by atoms with E-state index < -0.39 is 34.1 Å². The van der Waals surface area contributed by atoms with Crippen molar-refractivity contribution in [2.45, 2.75) is 47.0 Å². The van der Waals surface area contributed by atoms with Gasteiger partial charge in [0.05, 0.1) is 11.1 Å². The van der Waals surface area contributed by atoms with E-state index in [1.807, 2.05) is 47.6 Å². The molecule has 0 saturated heterocycles. The van der Waals surface area contributed by atoms with Crippen LogP contribution in [0.1, 0.15) is 63.4 Å². The van der Waals surface area contributed by atoms with Gasteiger partial charge in [0.2, 0.25) is 0 Å². The van der Waals surface area contributed by atoms with E-state index in [0.29, 0.717) is 11.4 Å². The first-order valence-corrected chi connectivity index (χ1v) is 10.2. The van der Waals surface area contributed by atoms with Gasteiger partial charge in [-0.05, 0) is 34.7 Å². The fraction of sp³-hybridized carbons (Fsp3) is 0.360. The summed E-state index contributed by atoms with van der Waals surface area (Å²) < 4.78 is 27.7. The van der Waals surface area contributed by atoms with E-state index in [4.69, 9.17) is 4.98 Å². The predicted octanol–water partition coefficient (Wildman–Crippen LogP) is 5.69. The van der Waals surface area contributed by atoms with Gasteiger partial charge in [-0.15, -0.1) is 6.07 Å². The molecule has 3 aromatic rings. The van der Waals surface area contributed by atoms with E-state index in [1.54, 1.807) is 24.3 Å². The molecule has 0 aliphatic carbocycles. The number of nitrogens with zero attached hydrogens (tertiary/aromatic N) is 3. The van der Waals surface area contributed by atoms with Crippen LogP contribution in [0.4, 0.5) is 8.78 Å². The van der Waals surface area contributed by atoms with Gasteiger partial charge >= 0.3 is 5.97 Å². The van der Waals surface area contributed by atoms with Crippen molar-refractivity contribution in [3.63, 3.8) is 0 Å². The topological polar surface area (TPSA) is 76.0 Å². The van der Waals surface area contributed by atoms with Gasteiger partial charge in [0.15, 0.2) is 0 Å². The Morgan fingerprint density at radius 3 is 1.94 bits per heavy atom. The zero-order valence-corrected chi connectivity index (χ0v) is 21.6. The summed E-state index contributed by atoms with van der Waals surface area (Å²) in [5.41, 5.74) is -0.568. The Morgan fingerprint density at radius 2 is 1.42 bits per heavy atom. The second-order valence-electron chi connectivity index (χ2n) is 9.76. The van der Waals surface area contributed by atoms with Crippen molar-refractivity contribution >= 4 is 5.97 Å². The zero-order valence-electron chi connectivity index (χ0n) is 19.3. The average Bonchev–Trinajstić information content (AvgIpc) is 2.66. The summed E-state index contributed by atoms with van der Waals surface area (Å²) in [6, 6.07) is 13.6. The standard InChI is InChI=1S/C25H26F2N3O2.Pt/c1-23(2,3)25(24(4,5)6,19-12-8-10-17(29-19)22(31)32)18-11-7-9-16(28-18)15-13-14-20(26)30-21(15)27;/h7-12,14H,1-6H3,(H,31,32);/q-1;. The average molecular weight is 634 g/mol. The van der Waals surface area contributed by atoms with Gasteiger partial charge in [0, 0.05) is 26.8 Å². The Morgan fingerprint density at radius 1 is 0.879 bits per heavy atom. The number of hydrogen-bond acceptors (Lipinski definition) is 4. The molecule has 3 heterocycles. The number of aromatic carboxylic acids is 1. The van der Waals surface area contributed by atoms with Crippen molar-refractivity contribution in [2.24, 2.45) is 10.8 Å². The first-order chi connectivity index (χ1) is 14.8. The van der Waals surface area contributed by atoms with Crippen molar-refractivity contribution in [1.29, 1.82) is 0 Å². The summed E-state index contributed by atoms with van der Waals surface area (Å²) in [6.45, 7) is 12.2. The molecule has 178 valence electrons. The van der Waals surface area contributed by atoms with Crippen LogP contribution >= 0.6 is 0 Å². The number of pyridine rings is 3. The maximum absolute atomic E-state index is 14.4. The number of carboxylic acid groups (broad SMARTS) is 1. The summed E-state index contributed by atoms with van der Waals surface area (Å²) in [5.74, 6) is -3.09. The third-order valence-electron chi connectivity index (χ3n) is 5.74. The Kier molecular flexibility index (Phi) is 7.59. The number of aromatic nitrogens is 3. The molecule has 3 aromatic heterocycles. The number of carbonyl (C=O) groups is 1. The third kappa shape index (κ3) is 4.74. The Labute approximate surface area is 207 Å². The largest absolute Gasteiger partial charge is 0.477 e. The minimum Gasteiger partial charge on any atom is -0.477 e. The van der Waals surface area contributed by atoms with Gasteiger partial charge in [-0.1, -0.05) is 71.4 Å². The van der Waals surface area contributed by atoms with Crippen LogP contribution in [0, 0.1) is 28.8 Å². The molecular formula is C25H26F2N3O2Pt-. The van der Waals surface area contributed by atoms with Crippen molar-refractivity contribution in [3.05, 3.63) is 77.5 Å². The summed E-state index contributed by atoms with van der Waals surface area (Å²) in [6.07, 6.45) is 0. The van der Waals surface area contributed by atoms with Crippen molar-refractivity contribution in [1.82, 2.24) is 15.0 Å². The number of halogens is 2. The van der Waals surface area contributed by atoms with Gasteiger partial charge in [-0.2, -0.15) is 0 Å². The van der Waals surface area contributed by atoms with Crippen LogP contribution in [-0.4, -0.2) is 26.0 Å². The Hall–Kier alpha value is -2.53. The molecule has 0 aromatic carbocycles. The summed E-state index contributed by atoms with van der Waals surface area (Å²) in [4.78, 5) is 24.2. The first kappa shape index (κ1) is 26.7. The monoisotopic (exact) mass is 633 g/mol. The smallest absolute Gasteiger partial charge is 0.354 e. The molecule has 0 aliphatic heterocycles. The molecule has 5 nitrogen and oxygen atoms in total. The summed E-state index contributed by atoms with van der Waals surface area (Å²) in [7, 11) is 0. The molecule has 0 amide bonds. The van der Waals surface area contributed by atoms with Crippen molar-refractivity contribution < 1.29 is 39.7 Å². The quantitative estimate of drug-likeness (QED) is 0.295. The molecule has 0 radical (unpaired) electrons. The molecule has 8 heteroatoms. The van der Waals surface area contributed by atoms with E-state index >= 15 is 0 Å². The van der Waals surface area contributed by atoms with E-state index in [-0.39, 0.29) is 38.0 Å². The summed E-state index contributed by atoms with van der Waals surface area (Å²) >= 11 is 0. The van der Waals surface area contributed by atoms with Gasteiger partial charge < -0.3 is 10.1 Å². The van der Waals surface area contributed by atoms with Crippen molar-refractivity contribution in [2.75, 3.05) is 0 Å². The molecule has 33 heavy (non-hydrogen) atoms. The van der Waals surface area contributed by atoms with Crippen LogP contribution in [0.3, 0.4) is 0 Å². The normalized spacial score (nSPS) is 12.2. The number of rotatable bonds is 4. The van der Waals surface area contributed by atoms with E-state index in [0.717, 1.165) is 6.07 Å². The molecule has 3 rings (SSSR count). The molecule has 0 unspecified atom stereocenters. The van der Waals surface area contributed by atoms with Gasteiger partial charge in [-0.3, -0.25) is 4.98 Å². The van der Waals surface area contributed by atoms with Gasteiger partial charge in [-0.25, -0.2) is 18.6 Å². The third-order valence-corrected chi connectivity index (χ3v) is 5.74. The molecule has 0 atom stereocenters. The minimum atomic E-state index is -1.13. The predicted molar refractivity (Wildman–Crippen MR) is 117 cm³/mol. The molecule has 0 spiro atoms. The van der Waals surface area contributed by atoms with Crippen LogP contribution < -0.4 is 0 Å². The molecule has 1 N–H and O–H groups in total. The molecule has 0 fully saturated rings. The summed E-state index contributed by atoms with van der Waals surface area (Å²) in [5, 5.41) is 9.54. The SMILES string of the molecule is CC(C)(C)C(c1cccc(C(=O)O)n1)(c1cccc(-c2[c-]cc(F)nc2F)n1)C(C)(C)C.[Pt]. The molecule has 0 aliphatic rings. The van der Waals surface area contributed by atoms with E-state index in [1.165, 1.54) is 6.07 Å². The van der Waals surface area contributed by atoms with Crippen LogP contribution in [0.25, 0.3) is 11.3 Å². The second kappa shape index (κ2) is 9.38. The van der Waals surface area contributed by atoms with Crippen LogP contribution in [0.2, 0.25) is 0 Å². The second-order valence-corrected chi connectivity index (χ2v) is 9.76. The fourth-order valence-electron chi connectivity index (χ4n) is 4.89. The fourth-order valence-corrected chi connectivity index (χ4v) is 4.89. The molecule has 0 saturated carbocycles. The Balaban J connectivity index is 0.00000385. The van der Waals surface area contributed by atoms with E-state index in [2.05, 4.69) is 16.0 Å². The molecular weight excluding hydrogens is 607 g/mol. The van der Waals surface area contributed by atoms with Crippen LogP contribution in [-0.2, 0) is 26.5 Å². The maximum atomic E-state index is 14.4. The van der Waals surface area contributed by atoms with Crippen LogP contribution in [0.5, 0.6) is 0 Å². The number of hydrogen-bond donors (Lipinski definition) is 1. The Bertz CT molecular complexity index is 1160. The van der Waals surface area contributed by atoms with Gasteiger partial charge in [0.25, 0.3) is 0 Å². The van der Waals surface area contributed by atoms with Crippen LogP contribution in [0.15, 0.2) is 42.5 Å². The van der Waals surface area contributed by atoms with Gasteiger partial charge in [0.1, 0.15) is 17.6 Å². The number of carboxylic acids is 1. The zero-order chi connectivity index (χ0) is 23.9. The van der Waals surface area contributed by atoms with Crippen molar-refractivity contribution in [3.8, 4) is 11.3 Å². The first-order valence-electron chi connectivity index (χ1n) is 10.2. The van der Waals surface area contributed by atoms with E-state index in [9.17, 15) is 18.7 Å². The molecule has 0 bridgehead atoms. The minimum absolute atomic E-state index is 0. The maximum Gasteiger partial charge on any atom is 0.354 e.